The molecule has 9 aromatic carbocycles. The van der Waals surface area contributed by atoms with Gasteiger partial charge in [-0.25, -0.2) is 15.0 Å². The predicted molar refractivity (Wildman–Crippen MR) is 233 cm³/mol. The summed E-state index contributed by atoms with van der Waals surface area (Å²) in [5, 5.41) is 4.71. The first-order valence-electron chi connectivity index (χ1n) is 18.9. The molecule has 0 radical (unpaired) electrons. The van der Waals surface area contributed by atoms with Gasteiger partial charge in [0, 0.05) is 16.7 Å². The molecule has 0 N–H and O–H groups in total. The number of hydrogen-bond acceptors (Lipinski definition) is 3. The molecule has 0 atom stereocenters. The van der Waals surface area contributed by atoms with E-state index in [1.54, 1.807) is 0 Å². The maximum Gasteiger partial charge on any atom is 0.164 e. The van der Waals surface area contributed by atoms with Crippen LogP contribution in [0.2, 0.25) is 0 Å². The van der Waals surface area contributed by atoms with Crippen LogP contribution in [0.4, 0.5) is 0 Å². The van der Waals surface area contributed by atoms with Crippen LogP contribution in [0.3, 0.4) is 0 Å². The van der Waals surface area contributed by atoms with Crippen molar-refractivity contribution in [3.05, 3.63) is 212 Å². The molecule has 10 rings (SSSR count). The van der Waals surface area contributed by atoms with E-state index in [9.17, 15) is 0 Å². The third kappa shape index (κ3) is 6.31. The van der Waals surface area contributed by atoms with Gasteiger partial charge in [-0.1, -0.05) is 194 Å². The second-order valence-electron chi connectivity index (χ2n) is 14.0. The average molecular weight is 714 g/mol. The third-order valence-corrected chi connectivity index (χ3v) is 10.5. The minimum absolute atomic E-state index is 0.624. The minimum Gasteiger partial charge on any atom is -0.208 e. The summed E-state index contributed by atoms with van der Waals surface area (Å²) in [5.41, 5.74) is 12.0. The Kier molecular flexibility index (Phi) is 8.51. The van der Waals surface area contributed by atoms with E-state index in [2.05, 4.69) is 206 Å². The highest BCUT2D eigenvalue weighted by atomic mass is 15.0. The van der Waals surface area contributed by atoms with Crippen LogP contribution in [0.5, 0.6) is 0 Å². The lowest BCUT2D eigenvalue weighted by Crippen LogP contribution is -2.01. The number of nitrogens with zero attached hydrogens (tertiary/aromatic N) is 3. The minimum atomic E-state index is 0.624. The van der Waals surface area contributed by atoms with Gasteiger partial charge in [-0.15, -0.1) is 0 Å². The number of benzene rings is 9. The van der Waals surface area contributed by atoms with Gasteiger partial charge in [0.05, 0.1) is 0 Å². The molecule has 0 unspecified atom stereocenters. The van der Waals surface area contributed by atoms with Crippen molar-refractivity contribution in [2.24, 2.45) is 0 Å². The van der Waals surface area contributed by atoms with Gasteiger partial charge >= 0.3 is 0 Å². The van der Waals surface area contributed by atoms with Crippen LogP contribution in [0.15, 0.2) is 212 Å². The van der Waals surface area contributed by atoms with Crippen molar-refractivity contribution in [2.45, 2.75) is 0 Å². The van der Waals surface area contributed by atoms with E-state index in [0.29, 0.717) is 17.5 Å². The van der Waals surface area contributed by atoms with Gasteiger partial charge in [-0.05, 0) is 84.3 Å². The Labute approximate surface area is 326 Å². The molecule has 56 heavy (non-hydrogen) atoms. The molecule has 0 fully saturated rings. The lowest BCUT2D eigenvalue weighted by molar-refractivity contribution is 1.08. The molecular weight excluding hydrogens is 679 g/mol. The van der Waals surface area contributed by atoms with Crippen molar-refractivity contribution in [2.75, 3.05) is 0 Å². The first kappa shape index (κ1) is 33.1. The van der Waals surface area contributed by atoms with Gasteiger partial charge in [0.2, 0.25) is 0 Å². The van der Waals surface area contributed by atoms with Crippen LogP contribution in [0, 0.1) is 0 Å². The van der Waals surface area contributed by atoms with Gasteiger partial charge in [0.1, 0.15) is 0 Å². The molecule has 10 aromatic rings. The molecule has 0 bridgehead atoms. The molecule has 0 aliphatic rings. The molecule has 3 nitrogen and oxygen atoms in total. The summed E-state index contributed by atoms with van der Waals surface area (Å²) in [4.78, 5) is 15.6. The Balaban J connectivity index is 1.14. The van der Waals surface area contributed by atoms with E-state index < -0.39 is 0 Å². The summed E-state index contributed by atoms with van der Waals surface area (Å²) in [6.45, 7) is 0. The lowest BCUT2D eigenvalue weighted by Gasteiger charge is -2.15. The Morgan fingerprint density at radius 3 is 1.34 bits per heavy atom. The summed E-state index contributed by atoms with van der Waals surface area (Å²) in [7, 11) is 0. The molecule has 0 aliphatic carbocycles. The van der Waals surface area contributed by atoms with Gasteiger partial charge in [-0.2, -0.15) is 0 Å². The Bertz CT molecular complexity index is 3010. The maximum absolute atomic E-state index is 5.21. The topological polar surface area (TPSA) is 38.7 Å². The zero-order valence-corrected chi connectivity index (χ0v) is 30.5. The van der Waals surface area contributed by atoms with Crippen molar-refractivity contribution in [1.29, 1.82) is 0 Å². The van der Waals surface area contributed by atoms with E-state index in [0.717, 1.165) is 55.3 Å². The van der Waals surface area contributed by atoms with E-state index in [-0.39, 0.29) is 0 Å². The Morgan fingerprint density at radius 1 is 0.214 bits per heavy atom. The van der Waals surface area contributed by atoms with Crippen LogP contribution < -0.4 is 0 Å². The van der Waals surface area contributed by atoms with E-state index in [1.807, 2.05) is 6.07 Å². The first-order chi connectivity index (χ1) is 27.7. The zero-order chi connectivity index (χ0) is 37.3. The SMILES string of the molecule is c1ccc(-c2cccc(-c3nc(-c4cccc(-c5ccc(-c6cccc7ccccc67)cc5-c5ccccc5)c4)nc(-c4cccc5ccccc45)n3)c2)cc1. The molecule has 1 heterocycles. The van der Waals surface area contributed by atoms with Crippen molar-refractivity contribution in [3.8, 4) is 78.7 Å². The van der Waals surface area contributed by atoms with Gasteiger partial charge in [-0.3, -0.25) is 0 Å². The summed E-state index contributed by atoms with van der Waals surface area (Å²) in [6.07, 6.45) is 0. The standard InChI is InChI=1S/C53H35N3/c1-3-15-36(16-4-1)40-23-11-25-43(33-40)51-54-52(56-53(55-51)49-30-14-22-38-20-8-10-28-46(38)49)44-26-12-24-41(34-44)48-32-31-42(35-50(48)39-17-5-2-6-18-39)47-29-13-21-37-19-7-9-27-45(37)47/h1-35H. The molecular formula is C53H35N3. The summed E-state index contributed by atoms with van der Waals surface area (Å²) in [6, 6.07) is 74.8. The monoisotopic (exact) mass is 713 g/mol. The highest BCUT2D eigenvalue weighted by Gasteiger charge is 2.17. The summed E-state index contributed by atoms with van der Waals surface area (Å²) in [5.74, 6) is 1.89. The summed E-state index contributed by atoms with van der Waals surface area (Å²) < 4.78 is 0. The number of rotatable bonds is 7. The largest absolute Gasteiger partial charge is 0.208 e. The molecule has 1 aromatic heterocycles. The van der Waals surface area contributed by atoms with Crippen molar-refractivity contribution in [1.82, 2.24) is 15.0 Å². The quantitative estimate of drug-likeness (QED) is 0.165. The van der Waals surface area contributed by atoms with E-state index in [1.165, 1.54) is 27.5 Å². The zero-order valence-electron chi connectivity index (χ0n) is 30.5. The summed E-state index contributed by atoms with van der Waals surface area (Å²) >= 11 is 0. The highest BCUT2D eigenvalue weighted by Crippen LogP contribution is 2.39. The van der Waals surface area contributed by atoms with Crippen LogP contribution in [-0.2, 0) is 0 Å². The molecule has 262 valence electrons. The fourth-order valence-electron chi connectivity index (χ4n) is 7.77. The highest BCUT2D eigenvalue weighted by molar-refractivity contribution is 5.99. The predicted octanol–water partition coefficient (Wildman–Crippen LogP) is 13.8. The number of hydrogen-bond donors (Lipinski definition) is 0. The molecule has 0 saturated carbocycles. The maximum atomic E-state index is 5.21. The van der Waals surface area contributed by atoms with Gasteiger partial charge in [0.15, 0.2) is 17.5 Å². The van der Waals surface area contributed by atoms with Crippen LogP contribution in [0.1, 0.15) is 0 Å². The first-order valence-corrected chi connectivity index (χ1v) is 18.9. The molecule has 0 aliphatic heterocycles. The number of fused-ring (bicyclic) bond motifs is 2. The fourth-order valence-corrected chi connectivity index (χ4v) is 7.77. The molecule has 0 spiro atoms. The Hall–Kier alpha value is -7.49. The van der Waals surface area contributed by atoms with Crippen LogP contribution >= 0.6 is 0 Å². The lowest BCUT2D eigenvalue weighted by atomic mass is 9.89. The van der Waals surface area contributed by atoms with Gasteiger partial charge in [0.25, 0.3) is 0 Å². The smallest absolute Gasteiger partial charge is 0.164 e. The van der Waals surface area contributed by atoms with E-state index in [4.69, 9.17) is 15.0 Å². The Morgan fingerprint density at radius 2 is 0.661 bits per heavy atom. The molecule has 0 saturated heterocycles. The van der Waals surface area contributed by atoms with Crippen molar-refractivity contribution in [3.63, 3.8) is 0 Å². The molecule has 0 amide bonds. The second kappa shape index (κ2) is 14.4. The second-order valence-corrected chi connectivity index (χ2v) is 14.0. The van der Waals surface area contributed by atoms with Crippen molar-refractivity contribution < 1.29 is 0 Å². The molecule has 3 heteroatoms. The van der Waals surface area contributed by atoms with Crippen LogP contribution in [-0.4, -0.2) is 15.0 Å². The fraction of sp³-hybridized carbons (Fsp3) is 0. The number of aromatic nitrogens is 3. The van der Waals surface area contributed by atoms with E-state index >= 15 is 0 Å². The average Bonchev–Trinajstić information content (AvgIpc) is 3.29. The normalized spacial score (nSPS) is 11.2. The van der Waals surface area contributed by atoms with Gasteiger partial charge < -0.3 is 0 Å². The van der Waals surface area contributed by atoms with Crippen LogP contribution in [0.25, 0.3) is 100 Å². The third-order valence-electron chi connectivity index (χ3n) is 10.5. The van der Waals surface area contributed by atoms with Crippen molar-refractivity contribution >= 4 is 21.5 Å².